The van der Waals surface area contributed by atoms with Gasteiger partial charge in [-0.25, -0.2) is 19.2 Å². The van der Waals surface area contributed by atoms with Crippen LogP contribution in [0.25, 0.3) is 0 Å². The minimum Gasteiger partial charge on any atom is -0.461 e. The van der Waals surface area contributed by atoms with Gasteiger partial charge in [0.1, 0.15) is 45.2 Å². The SMILES string of the molecule is COCC(=O)OC[C@H]1O[C@H](OC[C@@H](O)CO)[C@H](OC(=O)COC)[C@@H](OC(=O)COC)[C@@H]1OC(=O)COC. The maximum absolute atomic E-state index is 12.4. The van der Waals surface area contributed by atoms with E-state index in [1.54, 1.807) is 0 Å². The number of aliphatic hydroxyl groups excluding tert-OH is 2. The maximum Gasteiger partial charge on any atom is 0.332 e. The number of ether oxygens (including phenoxy) is 10. The second-order valence-electron chi connectivity index (χ2n) is 7.49. The van der Waals surface area contributed by atoms with E-state index in [1.807, 2.05) is 0 Å². The number of hydrogen-bond donors (Lipinski definition) is 2. The summed E-state index contributed by atoms with van der Waals surface area (Å²) in [6, 6.07) is 0. The molecule has 16 nitrogen and oxygen atoms in total. The van der Waals surface area contributed by atoms with Crippen LogP contribution < -0.4 is 0 Å². The highest BCUT2D eigenvalue weighted by Gasteiger charge is 2.53. The fourth-order valence-electron chi connectivity index (χ4n) is 3.05. The van der Waals surface area contributed by atoms with Gasteiger partial charge in [0, 0.05) is 28.4 Å². The van der Waals surface area contributed by atoms with Gasteiger partial charge in [-0.2, -0.15) is 0 Å². The molecule has 0 amide bonds. The lowest BCUT2D eigenvalue weighted by Gasteiger charge is -2.44. The molecule has 0 unspecified atom stereocenters. The van der Waals surface area contributed by atoms with Gasteiger partial charge in [-0.05, 0) is 0 Å². The standard InChI is InChI=1S/C21H34O16/c1-28-8-14(24)32-7-13-18(35-15(25)9-29-2)19(36-16(26)10-30-3)20(37-17(27)11-31-4)21(34-13)33-6-12(23)5-22/h12-13,18-23H,5-11H2,1-4H3/t12-,13+,18+,19-,20+,21-/m0/s1. The number of hydrogen-bond acceptors (Lipinski definition) is 16. The molecule has 1 rings (SSSR count). The quantitative estimate of drug-likeness (QED) is 0.138. The van der Waals surface area contributed by atoms with E-state index in [1.165, 1.54) is 28.4 Å². The Morgan fingerprint density at radius 3 is 1.68 bits per heavy atom. The number of methoxy groups -OCH3 is 4. The summed E-state index contributed by atoms with van der Waals surface area (Å²) in [5.41, 5.74) is 0. The summed E-state index contributed by atoms with van der Waals surface area (Å²) < 4.78 is 51.5. The molecule has 1 fully saturated rings. The predicted molar refractivity (Wildman–Crippen MR) is 116 cm³/mol. The molecule has 0 aromatic rings. The first-order valence-electron chi connectivity index (χ1n) is 11.0. The molecule has 214 valence electrons. The van der Waals surface area contributed by atoms with Crippen molar-refractivity contribution in [3.05, 3.63) is 0 Å². The van der Waals surface area contributed by atoms with E-state index in [0.29, 0.717) is 0 Å². The number of aliphatic hydroxyl groups is 2. The van der Waals surface area contributed by atoms with Gasteiger partial charge in [-0.1, -0.05) is 0 Å². The van der Waals surface area contributed by atoms with E-state index in [2.05, 4.69) is 0 Å². The molecule has 1 aliphatic rings. The predicted octanol–water partition coefficient (Wildman–Crippen LogP) is -3.05. The number of esters is 4. The van der Waals surface area contributed by atoms with Gasteiger partial charge in [0.05, 0.1) is 13.2 Å². The molecule has 1 saturated heterocycles. The smallest absolute Gasteiger partial charge is 0.332 e. The largest absolute Gasteiger partial charge is 0.461 e. The summed E-state index contributed by atoms with van der Waals surface area (Å²) in [7, 11) is 4.98. The third-order valence-electron chi connectivity index (χ3n) is 4.51. The first-order valence-corrected chi connectivity index (χ1v) is 11.0. The molecule has 16 heteroatoms. The van der Waals surface area contributed by atoms with Crippen molar-refractivity contribution in [2.75, 3.05) is 74.7 Å². The number of rotatable bonds is 17. The van der Waals surface area contributed by atoms with E-state index >= 15 is 0 Å². The maximum atomic E-state index is 12.4. The Morgan fingerprint density at radius 1 is 0.730 bits per heavy atom. The van der Waals surface area contributed by atoms with Crippen molar-refractivity contribution in [2.45, 2.75) is 36.8 Å². The molecule has 0 aromatic carbocycles. The van der Waals surface area contributed by atoms with Crippen molar-refractivity contribution in [1.82, 2.24) is 0 Å². The van der Waals surface area contributed by atoms with Gasteiger partial charge in [0.15, 0.2) is 24.6 Å². The van der Waals surface area contributed by atoms with E-state index in [9.17, 15) is 24.3 Å². The van der Waals surface area contributed by atoms with Crippen LogP contribution in [0.15, 0.2) is 0 Å². The fourth-order valence-corrected chi connectivity index (χ4v) is 3.05. The highest BCUT2D eigenvalue weighted by Crippen LogP contribution is 2.30. The van der Waals surface area contributed by atoms with E-state index < -0.39 is 107 Å². The Balaban J connectivity index is 3.41. The molecule has 2 N–H and O–H groups in total. The van der Waals surface area contributed by atoms with Crippen LogP contribution in [0.5, 0.6) is 0 Å². The summed E-state index contributed by atoms with van der Waals surface area (Å²) in [4.78, 5) is 48.8. The normalized spacial score (nSPS) is 24.1. The van der Waals surface area contributed by atoms with Crippen LogP contribution in [0, 0.1) is 0 Å². The second-order valence-corrected chi connectivity index (χ2v) is 7.49. The lowest BCUT2D eigenvalue weighted by molar-refractivity contribution is -0.313. The summed E-state index contributed by atoms with van der Waals surface area (Å²) in [6.07, 6.45) is -8.85. The van der Waals surface area contributed by atoms with Crippen molar-refractivity contribution in [2.24, 2.45) is 0 Å². The molecular formula is C21H34O16. The van der Waals surface area contributed by atoms with Gasteiger partial charge >= 0.3 is 23.9 Å². The van der Waals surface area contributed by atoms with Crippen LogP contribution in [0.3, 0.4) is 0 Å². The molecule has 37 heavy (non-hydrogen) atoms. The molecule has 0 aromatic heterocycles. The third-order valence-corrected chi connectivity index (χ3v) is 4.51. The van der Waals surface area contributed by atoms with E-state index in [4.69, 9.17) is 52.5 Å². The average molecular weight is 542 g/mol. The zero-order chi connectivity index (χ0) is 27.8. The van der Waals surface area contributed by atoms with E-state index in [-0.39, 0.29) is 0 Å². The van der Waals surface area contributed by atoms with Crippen molar-refractivity contribution < 1.29 is 76.8 Å². The van der Waals surface area contributed by atoms with Crippen molar-refractivity contribution >= 4 is 23.9 Å². The molecule has 6 atom stereocenters. The highest BCUT2D eigenvalue weighted by atomic mass is 16.7. The molecule has 0 aliphatic carbocycles. The zero-order valence-corrected chi connectivity index (χ0v) is 21.0. The Bertz CT molecular complexity index is 715. The average Bonchev–Trinajstić information content (AvgIpc) is 2.84. The number of carbonyl (C=O) groups excluding carboxylic acids is 4. The Kier molecular flexibility index (Phi) is 15.8. The Morgan fingerprint density at radius 2 is 1.19 bits per heavy atom. The summed E-state index contributed by atoms with van der Waals surface area (Å²) >= 11 is 0. The topological polar surface area (TPSA) is 201 Å². The minimum absolute atomic E-state index is 0.396. The van der Waals surface area contributed by atoms with Gasteiger partial charge in [-0.15, -0.1) is 0 Å². The zero-order valence-electron chi connectivity index (χ0n) is 21.0. The van der Waals surface area contributed by atoms with Crippen LogP contribution >= 0.6 is 0 Å². The summed E-state index contributed by atoms with van der Waals surface area (Å²) in [5.74, 6) is -3.55. The van der Waals surface area contributed by atoms with Crippen LogP contribution in [-0.2, 0) is 66.5 Å². The summed E-state index contributed by atoms with van der Waals surface area (Å²) in [5, 5.41) is 18.8. The molecule has 0 bridgehead atoms. The van der Waals surface area contributed by atoms with Gasteiger partial charge in [0.2, 0.25) is 0 Å². The molecule has 0 radical (unpaired) electrons. The van der Waals surface area contributed by atoms with E-state index in [0.717, 1.165) is 0 Å². The van der Waals surface area contributed by atoms with Crippen molar-refractivity contribution in [1.29, 1.82) is 0 Å². The van der Waals surface area contributed by atoms with Gasteiger partial charge in [0.25, 0.3) is 0 Å². The van der Waals surface area contributed by atoms with Crippen LogP contribution in [0.4, 0.5) is 0 Å². The Hall–Kier alpha value is -2.44. The van der Waals surface area contributed by atoms with Gasteiger partial charge < -0.3 is 57.6 Å². The molecule has 1 aliphatic heterocycles. The molecule has 0 saturated carbocycles. The van der Waals surface area contributed by atoms with Crippen molar-refractivity contribution in [3.63, 3.8) is 0 Å². The van der Waals surface area contributed by atoms with Gasteiger partial charge in [-0.3, -0.25) is 0 Å². The summed E-state index contributed by atoms with van der Waals surface area (Å²) in [6.45, 7) is -3.61. The van der Waals surface area contributed by atoms with Crippen LogP contribution in [-0.4, -0.2) is 146 Å². The number of carbonyl (C=O) groups is 4. The molecule has 1 heterocycles. The lowest BCUT2D eigenvalue weighted by Crippen LogP contribution is -2.63. The Labute approximate surface area is 212 Å². The minimum atomic E-state index is -1.57. The lowest BCUT2D eigenvalue weighted by atomic mass is 9.98. The second kappa shape index (κ2) is 17.9. The van der Waals surface area contributed by atoms with Crippen molar-refractivity contribution in [3.8, 4) is 0 Å². The molecule has 0 spiro atoms. The molecular weight excluding hydrogens is 508 g/mol. The first kappa shape index (κ1) is 32.6. The van der Waals surface area contributed by atoms with Crippen LogP contribution in [0.1, 0.15) is 0 Å². The fraction of sp³-hybridized carbons (Fsp3) is 0.810. The highest BCUT2D eigenvalue weighted by molar-refractivity contribution is 5.73. The first-order chi connectivity index (χ1) is 17.7. The monoisotopic (exact) mass is 542 g/mol. The van der Waals surface area contributed by atoms with Crippen LogP contribution in [0.2, 0.25) is 0 Å². The third kappa shape index (κ3) is 11.7.